The van der Waals surface area contributed by atoms with Gasteiger partial charge in [-0.15, -0.1) is 0 Å². The molecule has 0 unspecified atom stereocenters. The highest BCUT2D eigenvalue weighted by Gasteiger charge is 2.17. The molecule has 2 N–H and O–H groups in total. The second-order valence-electron chi connectivity index (χ2n) is 4.55. The quantitative estimate of drug-likeness (QED) is 0.807. The van der Waals surface area contributed by atoms with Crippen LogP contribution in [0.25, 0.3) is 0 Å². The van der Waals surface area contributed by atoms with Gasteiger partial charge in [-0.1, -0.05) is 6.07 Å². The highest BCUT2D eigenvalue weighted by molar-refractivity contribution is 14.1. The predicted octanol–water partition coefficient (Wildman–Crippen LogP) is 3.13. The van der Waals surface area contributed by atoms with E-state index >= 15 is 0 Å². The largest absolute Gasteiger partial charge is 0.444 e. The number of aliphatic hydroxyl groups is 1. The molecular formula is C12H16INO3. The Labute approximate surface area is 115 Å². The fraction of sp³-hybridized carbons (Fsp3) is 0.417. The van der Waals surface area contributed by atoms with E-state index in [-0.39, 0.29) is 6.61 Å². The maximum Gasteiger partial charge on any atom is 0.412 e. The number of nitrogens with one attached hydrogen (secondary N) is 1. The van der Waals surface area contributed by atoms with Crippen LogP contribution in [-0.4, -0.2) is 16.8 Å². The van der Waals surface area contributed by atoms with Crippen molar-refractivity contribution in [2.75, 3.05) is 5.32 Å². The first-order valence-electron chi connectivity index (χ1n) is 5.22. The van der Waals surface area contributed by atoms with Crippen molar-refractivity contribution < 1.29 is 14.6 Å². The zero-order valence-electron chi connectivity index (χ0n) is 10.1. The molecule has 0 heterocycles. The van der Waals surface area contributed by atoms with Crippen molar-refractivity contribution in [2.24, 2.45) is 0 Å². The standard InChI is InChI=1S/C12H16INO3/c1-12(2,3)17-11(16)14-10-6-4-5-9(13)8(10)7-15/h4-6,15H,7H2,1-3H3,(H,14,16). The van der Waals surface area contributed by atoms with Crippen LogP contribution >= 0.6 is 22.6 Å². The number of rotatable bonds is 2. The second kappa shape index (κ2) is 5.68. The summed E-state index contributed by atoms with van der Waals surface area (Å²) < 4.78 is 6.05. The van der Waals surface area contributed by atoms with Gasteiger partial charge >= 0.3 is 6.09 Å². The minimum Gasteiger partial charge on any atom is -0.444 e. The van der Waals surface area contributed by atoms with Crippen LogP contribution in [0.2, 0.25) is 0 Å². The number of benzene rings is 1. The summed E-state index contributed by atoms with van der Waals surface area (Å²) in [6.45, 7) is 5.28. The number of hydrogen-bond acceptors (Lipinski definition) is 3. The molecule has 0 saturated heterocycles. The first-order valence-corrected chi connectivity index (χ1v) is 6.29. The van der Waals surface area contributed by atoms with Crippen LogP contribution < -0.4 is 5.32 Å². The molecule has 1 amide bonds. The van der Waals surface area contributed by atoms with Gasteiger partial charge in [-0.3, -0.25) is 5.32 Å². The van der Waals surface area contributed by atoms with Crippen molar-refractivity contribution in [1.82, 2.24) is 0 Å². The average Bonchev–Trinajstić information content (AvgIpc) is 2.14. The van der Waals surface area contributed by atoms with E-state index in [2.05, 4.69) is 27.9 Å². The highest BCUT2D eigenvalue weighted by atomic mass is 127. The zero-order valence-corrected chi connectivity index (χ0v) is 12.2. The van der Waals surface area contributed by atoms with Gasteiger partial charge in [0.2, 0.25) is 0 Å². The van der Waals surface area contributed by atoms with Crippen LogP contribution in [0.5, 0.6) is 0 Å². The normalized spacial score (nSPS) is 11.1. The summed E-state index contributed by atoms with van der Waals surface area (Å²) >= 11 is 2.11. The van der Waals surface area contributed by atoms with Gasteiger partial charge < -0.3 is 9.84 Å². The minimum atomic E-state index is -0.536. The van der Waals surface area contributed by atoms with Crippen LogP contribution in [0, 0.1) is 3.57 Å². The van der Waals surface area contributed by atoms with E-state index < -0.39 is 11.7 Å². The lowest BCUT2D eigenvalue weighted by Crippen LogP contribution is -2.27. The Bertz CT molecular complexity index is 413. The molecule has 94 valence electrons. The number of ether oxygens (including phenoxy) is 1. The predicted molar refractivity (Wildman–Crippen MR) is 74.9 cm³/mol. The van der Waals surface area contributed by atoms with E-state index in [9.17, 15) is 9.90 Å². The first-order chi connectivity index (χ1) is 7.83. The van der Waals surface area contributed by atoms with Gasteiger partial charge in [-0.25, -0.2) is 4.79 Å². The SMILES string of the molecule is CC(C)(C)OC(=O)Nc1cccc(I)c1CO. The summed E-state index contributed by atoms with van der Waals surface area (Å²) in [6, 6.07) is 5.41. The molecule has 4 nitrogen and oxygen atoms in total. The summed E-state index contributed by atoms with van der Waals surface area (Å²) in [6.07, 6.45) is -0.519. The van der Waals surface area contributed by atoms with E-state index in [1.54, 1.807) is 26.8 Å². The third kappa shape index (κ3) is 4.51. The lowest BCUT2D eigenvalue weighted by atomic mass is 10.2. The van der Waals surface area contributed by atoms with Crippen molar-refractivity contribution in [3.8, 4) is 0 Å². The van der Waals surface area contributed by atoms with Gasteiger partial charge in [0.15, 0.2) is 0 Å². The first kappa shape index (κ1) is 14.2. The van der Waals surface area contributed by atoms with Crippen LogP contribution in [0.1, 0.15) is 26.3 Å². The second-order valence-corrected chi connectivity index (χ2v) is 5.71. The highest BCUT2D eigenvalue weighted by Crippen LogP contribution is 2.22. The van der Waals surface area contributed by atoms with Gasteiger partial charge in [0, 0.05) is 9.13 Å². The summed E-state index contributed by atoms with van der Waals surface area (Å²) in [5.41, 5.74) is 0.735. The van der Waals surface area contributed by atoms with Gasteiger partial charge in [0.1, 0.15) is 5.60 Å². The van der Waals surface area contributed by atoms with Gasteiger partial charge in [-0.05, 0) is 55.5 Å². The molecule has 0 fully saturated rings. The third-order valence-electron chi connectivity index (χ3n) is 1.91. The number of hydrogen-bond donors (Lipinski definition) is 2. The molecule has 0 aliphatic heterocycles. The molecule has 0 atom stereocenters. The van der Waals surface area contributed by atoms with E-state index in [1.807, 2.05) is 12.1 Å². The molecule has 0 aliphatic carbocycles. The Morgan fingerprint density at radius 3 is 2.65 bits per heavy atom. The van der Waals surface area contributed by atoms with Crippen LogP contribution in [0.15, 0.2) is 18.2 Å². The molecular weight excluding hydrogens is 333 g/mol. The monoisotopic (exact) mass is 349 g/mol. The summed E-state index contributed by atoms with van der Waals surface area (Å²) in [5.74, 6) is 0. The molecule has 0 spiro atoms. The Morgan fingerprint density at radius 1 is 1.47 bits per heavy atom. The summed E-state index contributed by atoms with van der Waals surface area (Å²) in [7, 11) is 0. The molecule has 5 heteroatoms. The molecule has 17 heavy (non-hydrogen) atoms. The van der Waals surface area contributed by atoms with Gasteiger partial charge in [-0.2, -0.15) is 0 Å². The Balaban J connectivity index is 2.82. The minimum absolute atomic E-state index is 0.121. The number of carbonyl (C=O) groups excluding carboxylic acids is 1. The fourth-order valence-corrected chi connectivity index (χ4v) is 1.92. The van der Waals surface area contributed by atoms with E-state index in [0.717, 1.165) is 3.57 Å². The number of anilines is 1. The number of halogens is 1. The van der Waals surface area contributed by atoms with E-state index in [1.165, 1.54) is 0 Å². The molecule has 0 aromatic heterocycles. The number of aliphatic hydroxyl groups excluding tert-OH is 1. The zero-order chi connectivity index (χ0) is 13.1. The van der Waals surface area contributed by atoms with Crippen LogP contribution in [-0.2, 0) is 11.3 Å². The summed E-state index contributed by atoms with van der Waals surface area (Å²) in [5, 5.41) is 11.9. The average molecular weight is 349 g/mol. The molecule has 0 radical (unpaired) electrons. The smallest absolute Gasteiger partial charge is 0.412 e. The van der Waals surface area contributed by atoms with Crippen molar-refractivity contribution in [3.63, 3.8) is 0 Å². The number of carbonyl (C=O) groups is 1. The van der Waals surface area contributed by atoms with Crippen LogP contribution in [0.3, 0.4) is 0 Å². The maximum atomic E-state index is 11.6. The molecule has 1 aromatic carbocycles. The van der Waals surface area contributed by atoms with Crippen molar-refractivity contribution in [3.05, 3.63) is 27.3 Å². The fourth-order valence-electron chi connectivity index (χ4n) is 1.25. The topological polar surface area (TPSA) is 58.6 Å². The molecule has 0 bridgehead atoms. The lowest BCUT2D eigenvalue weighted by Gasteiger charge is -2.20. The Kier molecular flexibility index (Phi) is 4.76. The molecule has 1 aromatic rings. The molecule has 1 rings (SSSR count). The van der Waals surface area contributed by atoms with E-state index in [4.69, 9.17) is 4.74 Å². The van der Waals surface area contributed by atoms with Crippen molar-refractivity contribution in [1.29, 1.82) is 0 Å². The summed E-state index contributed by atoms with van der Waals surface area (Å²) in [4.78, 5) is 11.6. The van der Waals surface area contributed by atoms with E-state index in [0.29, 0.717) is 11.3 Å². The number of amides is 1. The Hall–Kier alpha value is -0.820. The lowest BCUT2D eigenvalue weighted by molar-refractivity contribution is 0.0635. The van der Waals surface area contributed by atoms with Crippen molar-refractivity contribution in [2.45, 2.75) is 33.0 Å². The molecule has 0 saturated carbocycles. The maximum absolute atomic E-state index is 11.6. The van der Waals surface area contributed by atoms with Gasteiger partial charge in [0.25, 0.3) is 0 Å². The van der Waals surface area contributed by atoms with Gasteiger partial charge in [0.05, 0.1) is 12.3 Å². The molecule has 0 aliphatic rings. The third-order valence-corrected chi connectivity index (χ3v) is 2.92. The van der Waals surface area contributed by atoms with Crippen LogP contribution in [0.4, 0.5) is 10.5 Å². The Morgan fingerprint density at radius 2 is 2.12 bits per heavy atom. The van der Waals surface area contributed by atoms with Crippen molar-refractivity contribution >= 4 is 34.4 Å².